The first kappa shape index (κ1) is 19.7. The Hall–Kier alpha value is -1.59. The monoisotopic (exact) mass is 348 g/mol. The first-order chi connectivity index (χ1) is 11.8. The predicted octanol–water partition coefficient (Wildman–Crippen LogP) is 2.75. The molecule has 0 bridgehead atoms. The van der Waals surface area contributed by atoms with Crippen molar-refractivity contribution in [3.8, 4) is 5.75 Å². The lowest BCUT2D eigenvalue weighted by atomic mass is 9.91. The molecule has 140 valence electrons. The topological polar surface area (TPSA) is 61.8 Å². The van der Waals surface area contributed by atoms with Gasteiger partial charge in [0.1, 0.15) is 5.75 Å². The molecule has 0 saturated carbocycles. The second-order valence-electron chi connectivity index (χ2n) is 8.07. The normalized spacial score (nSPS) is 17.4. The summed E-state index contributed by atoms with van der Waals surface area (Å²) in [5.74, 6) is 1.04. The number of amides is 1. The number of methoxy groups -OCH3 is 1. The van der Waals surface area contributed by atoms with Crippen molar-refractivity contribution in [2.75, 3.05) is 26.8 Å². The quantitative estimate of drug-likeness (QED) is 0.830. The molecular formula is C20H32N2O3. The number of nitrogens with one attached hydrogen (secondary N) is 1. The SMILES string of the molecule is COc1cccc(C(CO)NC2CCN(C(=O)CC(C)(C)C)CC2)c1. The second-order valence-corrected chi connectivity index (χ2v) is 8.07. The summed E-state index contributed by atoms with van der Waals surface area (Å²) in [5, 5.41) is 13.3. The predicted molar refractivity (Wildman–Crippen MR) is 99.6 cm³/mol. The number of aliphatic hydroxyl groups is 1. The summed E-state index contributed by atoms with van der Waals surface area (Å²) in [6, 6.07) is 7.98. The molecule has 1 saturated heterocycles. The zero-order valence-electron chi connectivity index (χ0n) is 15.9. The number of likely N-dealkylation sites (tertiary alicyclic amines) is 1. The van der Waals surface area contributed by atoms with E-state index in [-0.39, 0.29) is 24.0 Å². The molecule has 2 rings (SSSR count). The molecule has 0 aliphatic carbocycles. The van der Waals surface area contributed by atoms with Crippen LogP contribution in [0.5, 0.6) is 5.75 Å². The summed E-state index contributed by atoms with van der Waals surface area (Å²) in [6.07, 6.45) is 2.42. The van der Waals surface area contributed by atoms with Crippen LogP contribution in [0.15, 0.2) is 24.3 Å². The Morgan fingerprint density at radius 1 is 1.36 bits per heavy atom. The van der Waals surface area contributed by atoms with Crippen LogP contribution in [-0.4, -0.2) is 48.8 Å². The lowest BCUT2D eigenvalue weighted by Crippen LogP contribution is -2.46. The van der Waals surface area contributed by atoms with Gasteiger partial charge in [-0.1, -0.05) is 32.9 Å². The van der Waals surface area contributed by atoms with Crippen molar-refractivity contribution in [2.24, 2.45) is 5.41 Å². The number of nitrogens with zero attached hydrogens (tertiary/aromatic N) is 1. The van der Waals surface area contributed by atoms with Crippen LogP contribution in [0.3, 0.4) is 0 Å². The minimum absolute atomic E-state index is 0.0283. The highest BCUT2D eigenvalue weighted by Crippen LogP contribution is 2.24. The van der Waals surface area contributed by atoms with Gasteiger partial charge < -0.3 is 20.1 Å². The van der Waals surface area contributed by atoms with E-state index in [2.05, 4.69) is 26.1 Å². The number of carbonyl (C=O) groups is 1. The molecule has 2 N–H and O–H groups in total. The molecule has 5 heteroatoms. The van der Waals surface area contributed by atoms with Gasteiger partial charge in [0.15, 0.2) is 0 Å². The van der Waals surface area contributed by atoms with Gasteiger partial charge in [-0.15, -0.1) is 0 Å². The number of aliphatic hydroxyl groups excluding tert-OH is 1. The van der Waals surface area contributed by atoms with E-state index < -0.39 is 0 Å². The number of hydrogen-bond acceptors (Lipinski definition) is 4. The van der Waals surface area contributed by atoms with Gasteiger partial charge in [-0.2, -0.15) is 0 Å². The van der Waals surface area contributed by atoms with Crippen LogP contribution >= 0.6 is 0 Å². The third-order valence-corrected chi connectivity index (χ3v) is 4.64. The Kier molecular flexibility index (Phi) is 6.85. The van der Waals surface area contributed by atoms with E-state index in [1.165, 1.54) is 0 Å². The Balaban J connectivity index is 1.88. The zero-order valence-corrected chi connectivity index (χ0v) is 15.9. The van der Waals surface area contributed by atoms with E-state index >= 15 is 0 Å². The standard InChI is InChI=1S/C20H32N2O3/c1-20(2,3)13-19(24)22-10-8-16(9-11-22)21-18(14-23)15-6-5-7-17(12-15)25-4/h5-7,12,16,18,21,23H,8-11,13-14H2,1-4H3. The average Bonchev–Trinajstić information content (AvgIpc) is 2.58. The zero-order chi connectivity index (χ0) is 18.4. The van der Waals surface area contributed by atoms with Crippen molar-refractivity contribution >= 4 is 5.91 Å². The van der Waals surface area contributed by atoms with Crippen molar-refractivity contribution in [3.63, 3.8) is 0 Å². The molecule has 1 aromatic carbocycles. The van der Waals surface area contributed by atoms with Gasteiger partial charge in [0.2, 0.25) is 5.91 Å². The van der Waals surface area contributed by atoms with Gasteiger partial charge in [0.05, 0.1) is 19.8 Å². The van der Waals surface area contributed by atoms with Gasteiger partial charge in [0, 0.05) is 25.6 Å². The van der Waals surface area contributed by atoms with Crippen molar-refractivity contribution in [2.45, 2.75) is 52.1 Å². The summed E-state index contributed by atoms with van der Waals surface area (Å²) in [4.78, 5) is 14.3. The number of rotatable bonds is 6. The fourth-order valence-corrected chi connectivity index (χ4v) is 3.26. The highest BCUT2D eigenvalue weighted by atomic mass is 16.5. The molecule has 1 heterocycles. The Bertz CT molecular complexity index is 560. The van der Waals surface area contributed by atoms with Gasteiger partial charge >= 0.3 is 0 Å². The van der Waals surface area contributed by atoms with E-state index in [1.807, 2.05) is 29.2 Å². The summed E-state index contributed by atoms with van der Waals surface area (Å²) in [7, 11) is 1.64. The van der Waals surface area contributed by atoms with Crippen LogP contribution in [-0.2, 0) is 4.79 Å². The third-order valence-electron chi connectivity index (χ3n) is 4.64. The summed E-state index contributed by atoms with van der Waals surface area (Å²) in [5.41, 5.74) is 1.05. The van der Waals surface area contributed by atoms with Crippen LogP contribution in [0.2, 0.25) is 0 Å². The average molecular weight is 348 g/mol. The molecule has 1 amide bonds. The lowest BCUT2D eigenvalue weighted by Gasteiger charge is -2.35. The first-order valence-corrected chi connectivity index (χ1v) is 9.11. The smallest absolute Gasteiger partial charge is 0.223 e. The molecular weight excluding hydrogens is 316 g/mol. The van der Waals surface area contributed by atoms with Gasteiger partial charge in [-0.25, -0.2) is 0 Å². The first-order valence-electron chi connectivity index (χ1n) is 9.11. The summed E-state index contributed by atoms with van der Waals surface area (Å²) < 4.78 is 5.27. The number of benzene rings is 1. The van der Waals surface area contributed by atoms with Gasteiger partial charge in [-0.3, -0.25) is 4.79 Å². The molecule has 1 aromatic rings. The fourth-order valence-electron chi connectivity index (χ4n) is 3.26. The largest absolute Gasteiger partial charge is 0.497 e. The molecule has 1 aliphatic heterocycles. The Labute approximate surface area is 151 Å². The van der Waals surface area contributed by atoms with Crippen LogP contribution in [0.25, 0.3) is 0 Å². The number of piperidine rings is 1. The van der Waals surface area contributed by atoms with Crippen LogP contribution in [0, 0.1) is 5.41 Å². The molecule has 1 atom stereocenters. The van der Waals surface area contributed by atoms with Crippen LogP contribution in [0.1, 0.15) is 51.6 Å². The minimum Gasteiger partial charge on any atom is -0.497 e. The second kappa shape index (κ2) is 8.68. The maximum atomic E-state index is 12.3. The lowest BCUT2D eigenvalue weighted by molar-refractivity contribution is -0.134. The molecule has 1 unspecified atom stereocenters. The Morgan fingerprint density at radius 3 is 2.60 bits per heavy atom. The van der Waals surface area contributed by atoms with Crippen molar-refractivity contribution in [3.05, 3.63) is 29.8 Å². The van der Waals surface area contributed by atoms with Crippen LogP contribution < -0.4 is 10.1 Å². The highest BCUT2D eigenvalue weighted by molar-refractivity contribution is 5.76. The van der Waals surface area contributed by atoms with Gasteiger partial charge in [-0.05, 0) is 36.0 Å². The number of carbonyl (C=O) groups excluding carboxylic acids is 1. The minimum atomic E-state index is -0.114. The van der Waals surface area contributed by atoms with Crippen molar-refractivity contribution in [1.82, 2.24) is 10.2 Å². The highest BCUT2D eigenvalue weighted by Gasteiger charge is 2.27. The number of hydrogen-bond donors (Lipinski definition) is 2. The van der Waals surface area contributed by atoms with Crippen LogP contribution in [0.4, 0.5) is 0 Å². The molecule has 1 fully saturated rings. The molecule has 0 radical (unpaired) electrons. The fraction of sp³-hybridized carbons (Fsp3) is 0.650. The van der Waals surface area contributed by atoms with Crippen molar-refractivity contribution in [1.29, 1.82) is 0 Å². The molecule has 1 aliphatic rings. The van der Waals surface area contributed by atoms with E-state index in [9.17, 15) is 9.90 Å². The molecule has 5 nitrogen and oxygen atoms in total. The maximum Gasteiger partial charge on any atom is 0.223 e. The molecule has 25 heavy (non-hydrogen) atoms. The van der Waals surface area contributed by atoms with E-state index in [1.54, 1.807) is 7.11 Å². The summed E-state index contributed by atoms with van der Waals surface area (Å²) >= 11 is 0. The molecule has 0 aromatic heterocycles. The maximum absolute atomic E-state index is 12.3. The van der Waals surface area contributed by atoms with Gasteiger partial charge in [0.25, 0.3) is 0 Å². The third kappa shape index (κ3) is 6.01. The van der Waals surface area contributed by atoms with E-state index in [0.717, 1.165) is 37.2 Å². The number of ether oxygens (including phenoxy) is 1. The van der Waals surface area contributed by atoms with E-state index in [0.29, 0.717) is 12.5 Å². The van der Waals surface area contributed by atoms with E-state index in [4.69, 9.17) is 4.74 Å². The Morgan fingerprint density at radius 2 is 2.04 bits per heavy atom. The van der Waals surface area contributed by atoms with Crippen molar-refractivity contribution < 1.29 is 14.6 Å². The molecule has 0 spiro atoms. The summed E-state index contributed by atoms with van der Waals surface area (Å²) in [6.45, 7) is 7.89.